The van der Waals surface area contributed by atoms with Gasteiger partial charge in [0.05, 0.1) is 19.6 Å². The molecule has 0 heterocycles. The average Bonchev–Trinajstić information content (AvgIpc) is 2.93. The van der Waals surface area contributed by atoms with E-state index in [2.05, 4.69) is 21.3 Å². The molecular formula is C25H38N6O10. The number of rotatable bonds is 17. The molecule has 0 unspecified atom stereocenters. The van der Waals surface area contributed by atoms with Crippen LogP contribution in [0.1, 0.15) is 32.3 Å². The number of phenolic OH excluding ortho intramolecular Hbond substituents is 1. The van der Waals surface area contributed by atoms with E-state index < -0.39 is 91.3 Å². The molecule has 0 aliphatic heterocycles. The van der Waals surface area contributed by atoms with E-state index in [9.17, 15) is 39.0 Å². The third-order valence-corrected chi connectivity index (χ3v) is 6.17. The van der Waals surface area contributed by atoms with Crippen molar-refractivity contribution in [2.75, 3.05) is 13.2 Å². The van der Waals surface area contributed by atoms with Crippen molar-refractivity contribution in [3.63, 3.8) is 0 Å². The van der Waals surface area contributed by atoms with Crippen LogP contribution in [0.5, 0.6) is 5.75 Å². The summed E-state index contributed by atoms with van der Waals surface area (Å²) in [5, 5.41) is 46.4. The van der Waals surface area contributed by atoms with E-state index in [0.717, 1.165) is 0 Å². The van der Waals surface area contributed by atoms with Gasteiger partial charge in [0.25, 0.3) is 0 Å². The molecule has 1 rings (SSSR count). The van der Waals surface area contributed by atoms with E-state index in [-0.39, 0.29) is 12.2 Å². The highest BCUT2D eigenvalue weighted by atomic mass is 16.4. The van der Waals surface area contributed by atoms with Gasteiger partial charge in [0.2, 0.25) is 29.5 Å². The summed E-state index contributed by atoms with van der Waals surface area (Å²) in [6.45, 7) is 1.70. The summed E-state index contributed by atoms with van der Waals surface area (Å²) >= 11 is 0. The van der Waals surface area contributed by atoms with Crippen molar-refractivity contribution in [1.82, 2.24) is 21.3 Å². The molecule has 5 amide bonds. The van der Waals surface area contributed by atoms with E-state index in [0.29, 0.717) is 12.0 Å². The maximum Gasteiger partial charge on any atom is 0.328 e. The average molecular weight is 583 g/mol. The maximum atomic E-state index is 13.4. The van der Waals surface area contributed by atoms with Gasteiger partial charge in [-0.2, -0.15) is 0 Å². The monoisotopic (exact) mass is 582 g/mol. The second-order valence-corrected chi connectivity index (χ2v) is 9.41. The Morgan fingerprint density at radius 2 is 1.34 bits per heavy atom. The number of aliphatic carboxylic acids is 1. The van der Waals surface area contributed by atoms with Crippen molar-refractivity contribution in [2.24, 2.45) is 17.4 Å². The van der Waals surface area contributed by atoms with Crippen LogP contribution in [0.25, 0.3) is 0 Å². The summed E-state index contributed by atoms with van der Waals surface area (Å²) in [4.78, 5) is 74.5. The zero-order valence-corrected chi connectivity index (χ0v) is 22.7. The minimum Gasteiger partial charge on any atom is -0.508 e. The third-order valence-electron chi connectivity index (χ3n) is 6.17. The number of hydrogen-bond donors (Lipinski definition) is 10. The molecule has 1 aromatic carbocycles. The highest BCUT2D eigenvalue weighted by Crippen LogP contribution is 2.13. The largest absolute Gasteiger partial charge is 0.508 e. The number of primary amides is 1. The number of nitrogens with two attached hydrogens (primary N) is 2. The van der Waals surface area contributed by atoms with Gasteiger partial charge in [-0.3, -0.25) is 24.0 Å². The second kappa shape index (κ2) is 16.7. The number of aliphatic hydroxyl groups is 2. The molecule has 16 heteroatoms. The first-order chi connectivity index (χ1) is 19.2. The summed E-state index contributed by atoms with van der Waals surface area (Å²) in [5.41, 5.74) is 11.1. The van der Waals surface area contributed by atoms with Gasteiger partial charge in [-0.05, 0) is 23.6 Å². The van der Waals surface area contributed by atoms with Crippen LogP contribution in [0.15, 0.2) is 24.3 Å². The van der Waals surface area contributed by atoms with E-state index in [1.54, 1.807) is 13.8 Å². The van der Waals surface area contributed by atoms with Crippen LogP contribution < -0.4 is 32.7 Å². The SMILES string of the molecule is CC[C@H](C)[C@H](NC(=O)[C@H](Cc1ccc(O)cc1)NC(=O)[C@H](CC(N)=O)NC(=O)[C@@H](N)CO)C(=O)N[C@@H](CO)C(=O)O. The van der Waals surface area contributed by atoms with E-state index >= 15 is 0 Å². The number of amides is 5. The molecule has 0 spiro atoms. The second-order valence-electron chi connectivity index (χ2n) is 9.41. The number of carboxylic acids is 1. The van der Waals surface area contributed by atoms with Gasteiger partial charge < -0.3 is 53.2 Å². The maximum absolute atomic E-state index is 13.4. The molecule has 0 aliphatic rings. The number of carbonyl (C=O) groups excluding carboxylic acids is 5. The topological polar surface area (TPSA) is 284 Å². The number of carbonyl (C=O) groups is 6. The fourth-order valence-corrected chi connectivity index (χ4v) is 3.52. The Hall–Kier alpha value is -4.28. The Morgan fingerprint density at radius 3 is 1.83 bits per heavy atom. The van der Waals surface area contributed by atoms with Crippen LogP contribution in [0.4, 0.5) is 0 Å². The van der Waals surface area contributed by atoms with Crippen molar-refractivity contribution in [3.8, 4) is 5.75 Å². The summed E-state index contributed by atoms with van der Waals surface area (Å²) in [7, 11) is 0. The lowest BCUT2D eigenvalue weighted by molar-refractivity contribution is -0.143. The molecule has 0 bridgehead atoms. The molecule has 0 aromatic heterocycles. The third kappa shape index (κ3) is 11.4. The molecule has 41 heavy (non-hydrogen) atoms. The van der Waals surface area contributed by atoms with Crippen molar-refractivity contribution in [2.45, 2.75) is 63.3 Å². The van der Waals surface area contributed by atoms with Crippen LogP contribution in [-0.4, -0.2) is 99.4 Å². The van der Waals surface area contributed by atoms with Gasteiger partial charge in [0.1, 0.15) is 36.0 Å². The van der Waals surface area contributed by atoms with Crippen LogP contribution in [-0.2, 0) is 35.2 Å². The fourth-order valence-electron chi connectivity index (χ4n) is 3.52. The number of hydrogen-bond acceptors (Lipinski definition) is 10. The van der Waals surface area contributed by atoms with Crippen molar-refractivity contribution < 1.29 is 49.2 Å². The van der Waals surface area contributed by atoms with Crippen LogP contribution in [0.2, 0.25) is 0 Å². The normalized spacial score (nSPS) is 15.2. The lowest BCUT2D eigenvalue weighted by Crippen LogP contribution is -2.60. The molecule has 1 aromatic rings. The quantitative estimate of drug-likeness (QED) is 0.0849. The molecule has 12 N–H and O–H groups in total. The first kappa shape index (κ1) is 34.7. The Balaban J connectivity index is 3.31. The predicted molar refractivity (Wildman–Crippen MR) is 143 cm³/mol. The number of aromatic hydroxyl groups is 1. The highest BCUT2D eigenvalue weighted by molar-refractivity contribution is 5.97. The summed E-state index contributed by atoms with van der Waals surface area (Å²) in [6, 6.07) is -1.64. The number of carboxylic acid groups (broad SMARTS) is 1. The van der Waals surface area contributed by atoms with Gasteiger partial charge in [0.15, 0.2) is 0 Å². The number of nitrogens with one attached hydrogen (secondary N) is 4. The first-order valence-electron chi connectivity index (χ1n) is 12.7. The van der Waals surface area contributed by atoms with E-state index in [1.165, 1.54) is 24.3 Å². The molecule has 228 valence electrons. The van der Waals surface area contributed by atoms with Crippen molar-refractivity contribution >= 4 is 35.5 Å². The Morgan fingerprint density at radius 1 is 0.805 bits per heavy atom. The number of phenols is 1. The molecule has 0 radical (unpaired) electrons. The molecular weight excluding hydrogens is 544 g/mol. The lowest BCUT2D eigenvalue weighted by atomic mass is 9.96. The fraction of sp³-hybridized carbons (Fsp3) is 0.520. The van der Waals surface area contributed by atoms with Crippen LogP contribution in [0, 0.1) is 5.92 Å². The van der Waals surface area contributed by atoms with Gasteiger partial charge in [-0.15, -0.1) is 0 Å². The van der Waals surface area contributed by atoms with Crippen molar-refractivity contribution in [1.29, 1.82) is 0 Å². The molecule has 0 saturated heterocycles. The van der Waals surface area contributed by atoms with Gasteiger partial charge in [0, 0.05) is 6.42 Å². The number of benzene rings is 1. The molecule has 16 nitrogen and oxygen atoms in total. The number of aliphatic hydroxyl groups excluding tert-OH is 2. The summed E-state index contributed by atoms with van der Waals surface area (Å²) in [6.07, 6.45) is -0.463. The zero-order valence-electron chi connectivity index (χ0n) is 22.7. The van der Waals surface area contributed by atoms with Gasteiger partial charge >= 0.3 is 5.97 Å². The Labute approximate surface area is 235 Å². The lowest BCUT2D eigenvalue weighted by Gasteiger charge is -2.28. The van der Waals surface area contributed by atoms with Crippen LogP contribution >= 0.6 is 0 Å². The summed E-state index contributed by atoms with van der Waals surface area (Å²) < 4.78 is 0. The van der Waals surface area contributed by atoms with Crippen LogP contribution in [0.3, 0.4) is 0 Å². The van der Waals surface area contributed by atoms with E-state index in [1.807, 2.05) is 0 Å². The molecule has 6 atom stereocenters. The zero-order chi connectivity index (χ0) is 31.3. The Bertz CT molecular complexity index is 1080. The molecule has 0 saturated carbocycles. The van der Waals surface area contributed by atoms with Crippen molar-refractivity contribution in [3.05, 3.63) is 29.8 Å². The first-order valence-corrected chi connectivity index (χ1v) is 12.7. The predicted octanol–water partition coefficient (Wildman–Crippen LogP) is -3.81. The molecule has 0 aliphatic carbocycles. The van der Waals surface area contributed by atoms with Gasteiger partial charge in [-0.25, -0.2) is 4.79 Å². The highest BCUT2D eigenvalue weighted by Gasteiger charge is 2.34. The van der Waals surface area contributed by atoms with Gasteiger partial charge in [-0.1, -0.05) is 32.4 Å². The standard InChI is InChI=1S/C25H38N6O10/c1-3-12(2)20(24(39)30-18(11-33)25(40)41)31-23(38)16(8-13-4-6-14(34)7-5-13)29-22(37)17(9-19(27)35)28-21(36)15(26)10-32/h4-7,12,15-18,20,32-34H,3,8-11,26H2,1-2H3,(H2,27,35)(H,28,36)(H,29,37)(H,30,39)(H,31,38)(H,40,41)/t12-,15-,16-,17-,18-,20-/m0/s1. The minimum atomic E-state index is -1.62. The smallest absolute Gasteiger partial charge is 0.328 e. The molecule has 0 fully saturated rings. The summed E-state index contributed by atoms with van der Waals surface area (Å²) in [5.74, 6) is -6.76. The van der Waals surface area contributed by atoms with E-state index in [4.69, 9.17) is 21.7 Å². The Kier molecular flexibility index (Phi) is 14.2. The minimum absolute atomic E-state index is 0.0615.